The van der Waals surface area contributed by atoms with E-state index in [2.05, 4.69) is 26.8 Å². The first kappa shape index (κ1) is 13.0. The van der Waals surface area contributed by atoms with Crippen molar-refractivity contribution in [1.29, 1.82) is 0 Å². The van der Waals surface area contributed by atoms with Gasteiger partial charge in [0.2, 0.25) is 0 Å². The van der Waals surface area contributed by atoms with E-state index in [0.29, 0.717) is 5.92 Å². The van der Waals surface area contributed by atoms with E-state index in [0.717, 1.165) is 17.6 Å². The molecule has 0 fully saturated rings. The van der Waals surface area contributed by atoms with Gasteiger partial charge >= 0.3 is 0 Å². The molecule has 0 aliphatic rings. The third kappa shape index (κ3) is 2.96. The topological polar surface area (TPSA) is 20.2 Å². The number of benzene rings is 1. The zero-order chi connectivity index (χ0) is 12.2. The van der Waals surface area contributed by atoms with Crippen LogP contribution in [0, 0.1) is 5.92 Å². The van der Waals surface area contributed by atoms with E-state index in [-0.39, 0.29) is 0 Å². The first-order chi connectivity index (χ1) is 7.48. The molecule has 1 aromatic rings. The normalized spacial score (nSPS) is 16.2. The molecule has 0 saturated carbocycles. The Morgan fingerprint density at radius 2 is 1.88 bits per heavy atom. The molecule has 1 atom stereocenters. The molecular formula is C15H22O. The van der Waals surface area contributed by atoms with Crippen molar-refractivity contribution in [1.82, 2.24) is 0 Å². The van der Waals surface area contributed by atoms with Crippen LogP contribution in [0.3, 0.4) is 0 Å². The summed E-state index contributed by atoms with van der Waals surface area (Å²) in [6.07, 6.45) is 3.03. The van der Waals surface area contributed by atoms with Crippen LogP contribution in [0.15, 0.2) is 42.0 Å². The number of hydrogen-bond acceptors (Lipinski definition) is 1. The summed E-state index contributed by atoms with van der Waals surface area (Å²) in [7, 11) is 0. The maximum Gasteiger partial charge on any atom is 0.108 e. The monoisotopic (exact) mass is 218 g/mol. The quantitative estimate of drug-likeness (QED) is 0.760. The van der Waals surface area contributed by atoms with Gasteiger partial charge in [0, 0.05) is 0 Å². The summed E-state index contributed by atoms with van der Waals surface area (Å²) in [6, 6.07) is 9.85. The molecule has 1 N–H and O–H groups in total. The highest BCUT2D eigenvalue weighted by molar-refractivity contribution is 5.31. The van der Waals surface area contributed by atoms with E-state index >= 15 is 0 Å². The van der Waals surface area contributed by atoms with E-state index in [1.54, 1.807) is 0 Å². The van der Waals surface area contributed by atoms with Gasteiger partial charge in [-0.1, -0.05) is 57.2 Å². The minimum Gasteiger partial charge on any atom is -0.381 e. The Labute approximate surface area is 98.8 Å². The Morgan fingerprint density at radius 3 is 2.31 bits per heavy atom. The molecule has 0 aliphatic carbocycles. The van der Waals surface area contributed by atoms with Gasteiger partial charge < -0.3 is 5.11 Å². The van der Waals surface area contributed by atoms with E-state index in [4.69, 9.17) is 0 Å². The van der Waals surface area contributed by atoms with Crippen LogP contribution in [0.5, 0.6) is 0 Å². The maximum absolute atomic E-state index is 10.6. The molecular weight excluding hydrogens is 196 g/mol. The molecule has 1 nitrogen and oxygen atoms in total. The van der Waals surface area contributed by atoms with Crippen LogP contribution >= 0.6 is 0 Å². The van der Waals surface area contributed by atoms with Crippen LogP contribution in [0.1, 0.15) is 39.7 Å². The highest BCUT2D eigenvalue weighted by Gasteiger charge is 2.26. The molecule has 0 unspecified atom stereocenters. The second-order valence-corrected chi connectivity index (χ2v) is 4.73. The lowest BCUT2D eigenvalue weighted by molar-refractivity contribution is 0.0935. The Kier molecular flexibility index (Phi) is 4.31. The molecule has 0 saturated heterocycles. The predicted octanol–water partition coefficient (Wildman–Crippen LogP) is 3.89. The van der Waals surface area contributed by atoms with Crippen molar-refractivity contribution in [3.8, 4) is 0 Å². The van der Waals surface area contributed by atoms with Gasteiger partial charge in [-0.25, -0.2) is 0 Å². The van der Waals surface area contributed by atoms with Gasteiger partial charge in [-0.15, -0.1) is 0 Å². The van der Waals surface area contributed by atoms with E-state index in [1.807, 2.05) is 37.3 Å². The summed E-state index contributed by atoms with van der Waals surface area (Å²) >= 11 is 0. The molecule has 0 amide bonds. The van der Waals surface area contributed by atoms with Gasteiger partial charge in [0.1, 0.15) is 5.60 Å². The second-order valence-electron chi connectivity index (χ2n) is 4.73. The zero-order valence-electron chi connectivity index (χ0n) is 10.7. The highest BCUT2D eigenvalue weighted by Crippen LogP contribution is 2.31. The molecule has 0 aromatic heterocycles. The van der Waals surface area contributed by atoms with Crippen LogP contribution in [-0.4, -0.2) is 5.11 Å². The summed E-state index contributed by atoms with van der Waals surface area (Å²) in [5, 5.41) is 10.6. The lowest BCUT2D eigenvalue weighted by atomic mass is 9.85. The maximum atomic E-state index is 10.6. The summed E-state index contributed by atoms with van der Waals surface area (Å²) in [6.45, 7) is 8.24. The van der Waals surface area contributed by atoms with Crippen molar-refractivity contribution in [3.05, 3.63) is 47.5 Å². The lowest BCUT2D eigenvalue weighted by Gasteiger charge is -2.27. The fourth-order valence-electron chi connectivity index (χ4n) is 1.97. The minimum atomic E-state index is -0.847. The van der Waals surface area contributed by atoms with Gasteiger partial charge in [-0.05, 0) is 30.4 Å². The molecule has 0 heterocycles. The minimum absolute atomic E-state index is 0.463. The lowest BCUT2D eigenvalue weighted by Crippen LogP contribution is -2.24. The Hall–Kier alpha value is -1.08. The number of hydrogen-bond donors (Lipinski definition) is 1. The van der Waals surface area contributed by atoms with Crippen molar-refractivity contribution in [2.24, 2.45) is 5.92 Å². The number of rotatable bonds is 4. The van der Waals surface area contributed by atoms with Crippen LogP contribution in [0.25, 0.3) is 0 Å². The Balaban J connectivity index is 3.09. The van der Waals surface area contributed by atoms with Gasteiger partial charge in [0.25, 0.3) is 0 Å². The van der Waals surface area contributed by atoms with Gasteiger partial charge in [-0.3, -0.25) is 0 Å². The van der Waals surface area contributed by atoms with Crippen LogP contribution < -0.4 is 0 Å². The molecule has 0 aliphatic heterocycles. The van der Waals surface area contributed by atoms with Crippen molar-refractivity contribution in [2.45, 2.75) is 39.7 Å². The zero-order valence-corrected chi connectivity index (χ0v) is 10.7. The summed E-state index contributed by atoms with van der Waals surface area (Å²) in [4.78, 5) is 0. The molecule has 16 heavy (non-hydrogen) atoms. The molecule has 0 bridgehead atoms. The average Bonchev–Trinajstić information content (AvgIpc) is 2.26. The van der Waals surface area contributed by atoms with Crippen molar-refractivity contribution in [3.63, 3.8) is 0 Å². The van der Waals surface area contributed by atoms with Crippen molar-refractivity contribution < 1.29 is 5.11 Å². The summed E-state index contributed by atoms with van der Waals surface area (Å²) in [5.74, 6) is 0.463. The molecule has 1 heteroatoms. The highest BCUT2D eigenvalue weighted by atomic mass is 16.3. The van der Waals surface area contributed by atoms with Crippen LogP contribution in [-0.2, 0) is 5.60 Å². The molecule has 1 aromatic carbocycles. The third-order valence-electron chi connectivity index (χ3n) is 2.88. The van der Waals surface area contributed by atoms with Gasteiger partial charge in [-0.2, -0.15) is 0 Å². The Bertz CT molecular complexity index is 347. The van der Waals surface area contributed by atoms with Crippen molar-refractivity contribution >= 4 is 0 Å². The van der Waals surface area contributed by atoms with Crippen LogP contribution in [0.4, 0.5) is 0 Å². The fraction of sp³-hybridized carbons (Fsp3) is 0.467. The standard InChI is InChI=1S/C15H22O/c1-5-13(11-12(2)3)15(4,16)14-9-7-6-8-10-14/h6-12,16H,5H2,1-4H3/b13-11+/t15-/m0/s1. The van der Waals surface area contributed by atoms with Gasteiger partial charge in [0.05, 0.1) is 0 Å². The largest absolute Gasteiger partial charge is 0.381 e. The number of aliphatic hydroxyl groups is 1. The van der Waals surface area contributed by atoms with Crippen molar-refractivity contribution in [2.75, 3.05) is 0 Å². The Morgan fingerprint density at radius 1 is 1.31 bits per heavy atom. The van der Waals surface area contributed by atoms with E-state index in [9.17, 15) is 5.11 Å². The predicted molar refractivity (Wildman–Crippen MR) is 69.2 cm³/mol. The number of allylic oxidation sites excluding steroid dienone is 1. The SMILES string of the molecule is CC/C(=C\C(C)C)[C@](C)(O)c1ccccc1. The summed E-state index contributed by atoms with van der Waals surface area (Å²) in [5.41, 5.74) is 1.21. The summed E-state index contributed by atoms with van der Waals surface area (Å²) < 4.78 is 0. The smallest absolute Gasteiger partial charge is 0.108 e. The first-order valence-corrected chi connectivity index (χ1v) is 5.97. The average molecular weight is 218 g/mol. The second kappa shape index (κ2) is 5.31. The van der Waals surface area contributed by atoms with E-state index in [1.165, 1.54) is 0 Å². The molecule has 0 spiro atoms. The fourth-order valence-corrected chi connectivity index (χ4v) is 1.97. The van der Waals surface area contributed by atoms with Gasteiger partial charge in [0.15, 0.2) is 0 Å². The molecule has 1 rings (SSSR count). The first-order valence-electron chi connectivity index (χ1n) is 5.97. The molecule has 0 radical (unpaired) electrons. The van der Waals surface area contributed by atoms with E-state index < -0.39 is 5.60 Å². The third-order valence-corrected chi connectivity index (χ3v) is 2.88. The molecule has 88 valence electrons. The van der Waals surface area contributed by atoms with Crippen LogP contribution in [0.2, 0.25) is 0 Å².